The molecule has 0 spiro atoms. The van der Waals surface area contributed by atoms with E-state index in [-0.39, 0.29) is 11.8 Å². The van der Waals surface area contributed by atoms with Crippen LogP contribution in [0.5, 0.6) is 0 Å². The molecule has 1 aliphatic rings. The summed E-state index contributed by atoms with van der Waals surface area (Å²) in [4.78, 5) is 36.0. The summed E-state index contributed by atoms with van der Waals surface area (Å²) in [7, 11) is 0. The molecule has 0 unspecified atom stereocenters. The van der Waals surface area contributed by atoms with Gasteiger partial charge in [0.15, 0.2) is 5.13 Å². The summed E-state index contributed by atoms with van der Waals surface area (Å²) >= 11 is 1.55. The van der Waals surface area contributed by atoms with E-state index in [2.05, 4.69) is 9.88 Å². The summed E-state index contributed by atoms with van der Waals surface area (Å²) in [5.74, 6) is 0.209. The van der Waals surface area contributed by atoms with Gasteiger partial charge in [0.25, 0.3) is 0 Å². The van der Waals surface area contributed by atoms with Crippen LogP contribution in [-0.4, -0.2) is 65.9 Å². The summed E-state index contributed by atoms with van der Waals surface area (Å²) in [5, 5.41) is 0.751. The predicted octanol–water partition coefficient (Wildman–Crippen LogP) is 3.34. The van der Waals surface area contributed by atoms with Crippen molar-refractivity contribution in [1.82, 2.24) is 14.8 Å². The molecule has 0 aliphatic carbocycles. The van der Waals surface area contributed by atoms with Crippen molar-refractivity contribution in [3.63, 3.8) is 0 Å². The maximum Gasteiger partial charge on any atom is 0.242 e. The first-order chi connectivity index (χ1) is 15.0. The van der Waals surface area contributed by atoms with Gasteiger partial charge in [-0.05, 0) is 31.5 Å². The van der Waals surface area contributed by atoms with Crippen molar-refractivity contribution in [2.24, 2.45) is 0 Å². The number of amides is 2. The van der Waals surface area contributed by atoms with Crippen molar-refractivity contribution in [3.8, 4) is 0 Å². The normalized spacial score (nSPS) is 14.7. The molecule has 1 fully saturated rings. The number of para-hydroxylation sites is 1. The van der Waals surface area contributed by atoms with Crippen LogP contribution < -0.4 is 4.90 Å². The number of carbonyl (C=O) groups is 2. The Morgan fingerprint density at radius 1 is 1.03 bits per heavy atom. The molecule has 0 saturated carbocycles. The molecule has 0 N–H and O–H groups in total. The zero-order chi connectivity index (χ0) is 21.8. The monoisotopic (exact) mass is 436 g/mol. The van der Waals surface area contributed by atoms with Crippen LogP contribution in [0.15, 0.2) is 48.5 Å². The zero-order valence-electron chi connectivity index (χ0n) is 18.1. The van der Waals surface area contributed by atoms with E-state index >= 15 is 0 Å². The van der Waals surface area contributed by atoms with Crippen LogP contribution in [0.3, 0.4) is 0 Å². The third-order valence-corrected chi connectivity index (χ3v) is 6.75. The number of anilines is 1. The van der Waals surface area contributed by atoms with E-state index in [0.717, 1.165) is 20.9 Å². The molecular weight excluding hydrogens is 408 g/mol. The third kappa shape index (κ3) is 5.11. The summed E-state index contributed by atoms with van der Waals surface area (Å²) in [6.07, 6.45) is 0.431. The molecule has 3 aromatic rings. The van der Waals surface area contributed by atoms with Gasteiger partial charge in [-0.15, -0.1) is 0 Å². The van der Waals surface area contributed by atoms with Gasteiger partial charge in [0.1, 0.15) is 0 Å². The second kappa shape index (κ2) is 9.58. The number of rotatable bonds is 6. The lowest BCUT2D eigenvalue weighted by Gasteiger charge is -2.35. The molecule has 2 heterocycles. The van der Waals surface area contributed by atoms with Crippen molar-refractivity contribution < 1.29 is 9.59 Å². The summed E-state index contributed by atoms with van der Waals surface area (Å²) in [5.41, 5.74) is 3.17. The summed E-state index contributed by atoms with van der Waals surface area (Å²) in [6, 6.07) is 16.1. The number of thiazole rings is 1. The maximum atomic E-state index is 13.0. The highest BCUT2D eigenvalue weighted by Gasteiger charge is 2.25. The fraction of sp³-hybridized carbons (Fsp3) is 0.375. The molecule has 4 rings (SSSR count). The molecule has 0 bridgehead atoms. The Morgan fingerprint density at radius 3 is 2.42 bits per heavy atom. The van der Waals surface area contributed by atoms with Gasteiger partial charge in [-0.3, -0.25) is 19.4 Å². The maximum absolute atomic E-state index is 13.0. The Balaban J connectivity index is 1.30. The van der Waals surface area contributed by atoms with Crippen LogP contribution in [0.1, 0.15) is 18.1 Å². The number of nitrogens with zero attached hydrogens (tertiary/aromatic N) is 4. The first kappa shape index (κ1) is 21.5. The predicted molar refractivity (Wildman–Crippen MR) is 126 cm³/mol. The van der Waals surface area contributed by atoms with Crippen LogP contribution in [0, 0.1) is 6.92 Å². The average molecular weight is 437 g/mol. The van der Waals surface area contributed by atoms with Crippen LogP contribution >= 0.6 is 11.3 Å². The van der Waals surface area contributed by atoms with Crippen molar-refractivity contribution in [2.75, 3.05) is 44.2 Å². The molecule has 162 valence electrons. The molecule has 6 nitrogen and oxygen atoms in total. The number of benzene rings is 2. The molecule has 0 radical (unpaired) electrons. The quantitative estimate of drug-likeness (QED) is 0.595. The van der Waals surface area contributed by atoms with Gasteiger partial charge in [-0.2, -0.15) is 0 Å². The number of aryl methyl sites for hydroxylation is 1. The highest BCUT2D eigenvalue weighted by Crippen LogP contribution is 2.28. The van der Waals surface area contributed by atoms with Crippen LogP contribution in [-0.2, 0) is 16.0 Å². The summed E-state index contributed by atoms with van der Waals surface area (Å²) in [6.45, 7) is 7.70. The molecule has 31 heavy (non-hydrogen) atoms. The Bertz CT molecular complexity index is 1020. The average Bonchev–Trinajstić information content (AvgIpc) is 3.20. The molecule has 1 aromatic heterocycles. The number of likely N-dealkylation sites (N-methyl/N-ethyl adjacent to an activating group) is 1. The van der Waals surface area contributed by atoms with Gasteiger partial charge in [-0.1, -0.05) is 53.3 Å². The smallest absolute Gasteiger partial charge is 0.242 e. The molecule has 2 aromatic carbocycles. The highest BCUT2D eigenvalue weighted by molar-refractivity contribution is 7.22. The lowest BCUT2D eigenvalue weighted by molar-refractivity contribution is -0.132. The lowest BCUT2D eigenvalue weighted by Crippen LogP contribution is -2.52. The minimum Gasteiger partial charge on any atom is -0.340 e. The molecule has 7 heteroatoms. The lowest BCUT2D eigenvalue weighted by atomic mass is 10.1. The van der Waals surface area contributed by atoms with Crippen LogP contribution in [0.25, 0.3) is 10.2 Å². The van der Waals surface area contributed by atoms with Gasteiger partial charge >= 0.3 is 0 Å². The Kier molecular flexibility index (Phi) is 6.63. The topological polar surface area (TPSA) is 56.8 Å². The number of hydrogen-bond acceptors (Lipinski definition) is 5. The van der Waals surface area contributed by atoms with E-state index in [9.17, 15) is 9.59 Å². The SMILES string of the molecule is CCN(C(=O)CN1CCN(C(=O)Cc2ccc(C)cc2)CC1)c1nc2ccccc2s1. The second-order valence-electron chi connectivity index (χ2n) is 7.92. The van der Waals surface area contributed by atoms with Crippen LogP contribution in [0.4, 0.5) is 5.13 Å². The van der Waals surface area contributed by atoms with E-state index in [1.807, 2.05) is 67.3 Å². The highest BCUT2D eigenvalue weighted by atomic mass is 32.1. The largest absolute Gasteiger partial charge is 0.340 e. The van der Waals surface area contributed by atoms with E-state index < -0.39 is 0 Å². The van der Waals surface area contributed by atoms with Crippen molar-refractivity contribution in [1.29, 1.82) is 0 Å². The Hall–Kier alpha value is -2.77. The number of piperazine rings is 1. The van der Waals surface area contributed by atoms with Crippen molar-refractivity contribution in [3.05, 3.63) is 59.7 Å². The fourth-order valence-electron chi connectivity index (χ4n) is 3.82. The fourth-order valence-corrected chi connectivity index (χ4v) is 4.86. The zero-order valence-corrected chi connectivity index (χ0v) is 18.9. The first-order valence-corrected chi connectivity index (χ1v) is 11.6. The Morgan fingerprint density at radius 2 is 1.74 bits per heavy atom. The van der Waals surface area contributed by atoms with Gasteiger partial charge < -0.3 is 4.90 Å². The van der Waals surface area contributed by atoms with Crippen molar-refractivity contribution >= 4 is 38.5 Å². The Labute approximate surface area is 187 Å². The number of fused-ring (bicyclic) bond motifs is 1. The number of aromatic nitrogens is 1. The number of carbonyl (C=O) groups excluding carboxylic acids is 2. The molecule has 1 aliphatic heterocycles. The minimum absolute atomic E-state index is 0.0565. The first-order valence-electron chi connectivity index (χ1n) is 10.7. The molecule has 2 amide bonds. The molecule has 1 saturated heterocycles. The van der Waals surface area contributed by atoms with Gasteiger partial charge in [0, 0.05) is 32.7 Å². The molecule has 0 atom stereocenters. The number of hydrogen-bond donors (Lipinski definition) is 0. The van der Waals surface area contributed by atoms with E-state index in [1.165, 1.54) is 5.56 Å². The molecular formula is C24H28N4O2S. The third-order valence-electron chi connectivity index (χ3n) is 5.69. The van der Waals surface area contributed by atoms with E-state index in [0.29, 0.717) is 45.7 Å². The van der Waals surface area contributed by atoms with Gasteiger partial charge in [0.2, 0.25) is 11.8 Å². The van der Waals surface area contributed by atoms with E-state index in [4.69, 9.17) is 0 Å². The van der Waals surface area contributed by atoms with Gasteiger partial charge in [-0.25, -0.2) is 4.98 Å². The second-order valence-corrected chi connectivity index (χ2v) is 8.93. The van der Waals surface area contributed by atoms with Gasteiger partial charge in [0.05, 0.1) is 23.2 Å². The standard InChI is InChI=1S/C24H28N4O2S/c1-3-28(24-25-20-6-4-5-7-21(20)31-24)23(30)17-26-12-14-27(15-13-26)22(29)16-19-10-8-18(2)9-11-19/h4-11H,3,12-17H2,1-2H3. The van der Waals surface area contributed by atoms with Crippen molar-refractivity contribution in [2.45, 2.75) is 20.3 Å². The minimum atomic E-state index is 0.0565. The van der Waals surface area contributed by atoms with Crippen LogP contribution in [0.2, 0.25) is 0 Å². The summed E-state index contributed by atoms with van der Waals surface area (Å²) < 4.78 is 1.09. The van der Waals surface area contributed by atoms with E-state index in [1.54, 1.807) is 16.2 Å².